The smallest absolute Gasteiger partial charge is 0.342 e. The van der Waals surface area contributed by atoms with E-state index in [9.17, 15) is 39.9 Å². The van der Waals surface area contributed by atoms with Crippen LogP contribution in [0.1, 0.15) is 44.2 Å². The second kappa shape index (κ2) is 10.9. The number of aromatic nitrogens is 4. The van der Waals surface area contributed by atoms with Crippen LogP contribution >= 0.6 is 0 Å². The van der Waals surface area contributed by atoms with E-state index in [0.29, 0.717) is 12.0 Å². The first-order chi connectivity index (χ1) is 19.2. The molecule has 1 aromatic carbocycles. The summed E-state index contributed by atoms with van der Waals surface area (Å²) in [4.78, 5) is 36.9. The number of rotatable bonds is 11. The number of aliphatic carboxylic acids is 2. The van der Waals surface area contributed by atoms with Crippen molar-refractivity contribution in [2.45, 2.75) is 74.5 Å². The van der Waals surface area contributed by atoms with Gasteiger partial charge in [0.15, 0.2) is 17.7 Å². The molecule has 4 rings (SSSR count). The lowest BCUT2D eigenvalue weighted by Gasteiger charge is -2.49. The van der Waals surface area contributed by atoms with Gasteiger partial charge in [0, 0.05) is 26.3 Å². The van der Waals surface area contributed by atoms with Crippen LogP contribution in [-0.2, 0) is 42.1 Å². The number of fused-ring (bicyclic) bond motifs is 2. The zero-order chi connectivity index (χ0) is 30.3. The van der Waals surface area contributed by atoms with Crippen molar-refractivity contribution in [1.82, 2.24) is 20.2 Å². The summed E-state index contributed by atoms with van der Waals surface area (Å²) in [5.41, 5.74) is -5.43. The van der Waals surface area contributed by atoms with Gasteiger partial charge in [-0.05, 0) is 34.4 Å². The summed E-state index contributed by atoms with van der Waals surface area (Å²) in [5.74, 6) is -7.77. The van der Waals surface area contributed by atoms with Gasteiger partial charge in [0.2, 0.25) is 11.2 Å². The number of carbonyl (C=O) groups excluding carboxylic acids is 1. The van der Waals surface area contributed by atoms with Gasteiger partial charge < -0.3 is 39.7 Å². The van der Waals surface area contributed by atoms with Gasteiger partial charge in [0.05, 0.1) is 0 Å². The largest absolute Gasteiger partial charge is 0.479 e. The molecular formula is C26H32N4O11. The fourth-order valence-corrected chi connectivity index (χ4v) is 5.64. The van der Waals surface area contributed by atoms with E-state index in [1.807, 2.05) is 37.3 Å². The maximum Gasteiger partial charge on any atom is 0.342 e. The van der Waals surface area contributed by atoms with Crippen molar-refractivity contribution in [3.8, 4) is 0 Å². The van der Waals surface area contributed by atoms with E-state index in [0.717, 1.165) is 10.2 Å². The average Bonchev–Trinajstić information content (AvgIpc) is 3.43. The molecule has 222 valence electrons. The maximum absolute atomic E-state index is 12.6. The van der Waals surface area contributed by atoms with Crippen LogP contribution in [0.3, 0.4) is 0 Å². The molecule has 2 saturated heterocycles. The molecule has 3 heterocycles. The molecular weight excluding hydrogens is 544 g/mol. The number of ether oxygens (including phenoxy) is 3. The minimum Gasteiger partial charge on any atom is -0.479 e. The minimum absolute atomic E-state index is 0.0914. The molecule has 2 bridgehead atoms. The van der Waals surface area contributed by atoms with E-state index in [4.69, 9.17) is 14.2 Å². The third-order valence-corrected chi connectivity index (χ3v) is 7.70. The van der Waals surface area contributed by atoms with E-state index in [-0.39, 0.29) is 18.8 Å². The standard InChI is InChI=1S/C26H32N4O11/c1-13(17(39-15(3)31)14(2)12-16-8-6-5-7-9-16)10-11-24-18(32)19(33)26(41-24,23(36)37)25(38,22(34)35)20(40-24)21-27-28-29-30(21)4/h5-9,14,17-20,32-33,38H,1,10-12H2,2-4H3,(H,34,35)(H,36,37)/t14-,17-,18-,19-,20-,24-,25-,26-/m1/s1. The van der Waals surface area contributed by atoms with Crippen LogP contribution in [0.15, 0.2) is 42.5 Å². The van der Waals surface area contributed by atoms with Gasteiger partial charge in [-0.3, -0.25) is 4.79 Å². The molecule has 0 unspecified atom stereocenters. The molecule has 0 aliphatic carbocycles. The van der Waals surface area contributed by atoms with Gasteiger partial charge in [-0.1, -0.05) is 43.8 Å². The summed E-state index contributed by atoms with van der Waals surface area (Å²) >= 11 is 0. The molecule has 2 aliphatic heterocycles. The van der Waals surface area contributed by atoms with E-state index >= 15 is 0 Å². The molecule has 0 amide bonds. The van der Waals surface area contributed by atoms with E-state index < -0.39 is 65.1 Å². The maximum atomic E-state index is 12.6. The van der Waals surface area contributed by atoms with Gasteiger partial charge in [-0.2, -0.15) is 0 Å². The number of esters is 1. The lowest BCUT2D eigenvalue weighted by atomic mass is 9.74. The van der Waals surface area contributed by atoms with Crippen molar-refractivity contribution in [1.29, 1.82) is 0 Å². The molecule has 5 N–H and O–H groups in total. The number of carbonyl (C=O) groups is 3. The molecule has 2 aliphatic rings. The highest BCUT2D eigenvalue weighted by molar-refractivity contribution is 5.93. The van der Waals surface area contributed by atoms with Gasteiger partial charge in [0.1, 0.15) is 18.3 Å². The van der Waals surface area contributed by atoms with Gasteiger partial charge >= 0.3 is 17.9 Å². The van der Waals surface area contributed by atoms with Crippen molar-refractivity contribution >= 4 is 17.9 Å². The third-order valence-electron chi connectivity index (χ3n) is 7.70. The Bertz CT molecular complexity index is 1340. The Balaban J connectivity index is 1.69. The lowest BCUT2D eigenvalue weighted by Crippen LogP contribution is -2.74. The third kappa shape index (κ3) is 4.78. The SMILES string of the molecule is C=C(CC[C@@]12O[C@H](c3nnnn3C)[C@@](O)(C(=O)O)[C@@](C(=O)O)(O1)[C@H](O)[C@H]2O)[C@@H](OC(C)=O)[C@H](C)Cc1ccccc1. The molecule has 0 saturated carbocycles. The Hall–Kier alpha value is -3.76. The van der Waals surface area contributed by atoms with Crippen LogP contribution in [0.5, 0.6) is 0 Å². The quantitative estimate of drug-likeness (QED) is 0.168. The van der Waals surface area contributed by atoms with Crippen LogP contribution in [0, 0.1) is 5.92 Å². The van der Waals surface area contributed by atoms with Gasteiger partial charge in [-0.25, -0.2) is 14.3 Å². The fraction of sp³-hybridized carbons (Fsp3) is 0.538. The molecule has 0 spiro atoms. The number of hydrogen-bond acceptors (Lipinski definition) is 12. The monoisotopic (exact) mass is 576 g/mol. The van der Waals surface area contributed by atoms with Gasteiger partial charge in [-0.15, -0.1) is 5.10 Å². The summed E-state index contributed by atoms with van der Waals surface area (Å²) < 4.78 is 18.0. The lowest BCUT2D eigenvalue weighted by molar-refractivity contribution is -0.384. The molecule has 15 nitrogen and oxygen atoms in total. The summed E-state index contributed by atoms with van der Waals surface area (Å²) in [5, 5.41) is 64.3. The van der Waals surface area contributed by atoms with Crippen LogP contribution in [0.25, 0.3) is 0 Å². The van der Waals surface area contributed by atoms with Crippen molar-refractivity contribution < 1.29 is 54.1 Å². The van der Waals surface area contributed by atoms with E-state index in [2.05, 4.69) is 22.1 Å². The van der Waals surface area contributed by atoms with Crippen molar-refractivity contribution in [2.75, 3.05) is 0 Å². The second-order valence-corrected chi connectivity index (χ2v) is 10.4. The molecule has 15 heteroatoms. The molecule has 2 fully saturated rings. The van der Waals surface area contributed by atoms with Crippen molar-refractivity contribution in [3.05, 3.63) is 53.9 Å². The van der Waals surface area contributed by atoms with Crippen LogP contribution in [-0.4, -0.2) is 98.9 Å². The van der Waals surface area contributed by atoms with Crippen LogP contribution in [0.4, 0.5) is 0 Å². The van der Waals surface area contributed by atoms with Gasteiger partial charge in [0.25, 0.3) is 0 Å². The number of benzene rings is 1. The first-order valence-corrected chi connectivity index (χ1v) is 12.8. The number of tetrazole rings is 1. The molecule has 2 aromatic rings. The minimum atomic E-state index is -3.48. The Kier molecular flexibility index (Phi) is 8.03. The zero-order valence-corrected chi connectivity index (χ0v) is 22.6. The first kappa shape index (κ1) is 30.2. The number of aliphatic hydroxyl groups excluding tert-OH is 2. The Morgan fingerprint density at radius 1 is 1.15 bits per heavy atom. The molecule has 1 aromatic heterocycles. The molecule has 0 radical (unpaired) electrons. The predicted octanol–water partition coefficient (Wildman–Crippen LogP) is -0.484. The predicted molar refractivity (Wildman–Crippen MR) is 135 cm³/mol. The fourth-order valence-electron chi connectivity index (χ4n) is 5.64. The Morgan fingerprint density at radius 3 is 2.34 bits per heavy atom. The summed E-state index contributed by atoms with van der Waals surface area (Å²) in [6.45, 7) is 7.14. The van der Waals surface area contributed by atoms with E-state index in [1.54, 1.807) is 0 Å². The zero-order valence-electron chi connectivity index (χ0n) is 22.6. The second-order valence-electron chi connectivity index (χ2n) is 10.4. The highest BCUT2D eigenvalue weighted by atomic mass is 16.8. The average molecular weight is 577 g/mol. The highest BCUT2D eigenvalue weighted by Gasteiger charge is 2.84. The number of carboxylic acids is 2. The Labute approximate surface area is 234 Å². The summed E-state index contributed by atoms with van der Waals surface area (Å²) in [6, 6.07) is 9.45. The molecule has 8 atom stereocenters. The van der Waals surface area contributed by atoms with Crippen molar-refractivity contribution in [3.63, 3.8) is 0 Å². The highest BCUT2D eigenvalue weighted by Crippen LogP contribution is 2.58. The number of carboxylic acid groups (broad SMARTS) is 2. The summed E-state index contributed by atoms with van der Waals surface area (Å²) in [6.07, 6.45) is -7.47. The number of aliphatic hydroxyl groups is 3. The first-order valence-electron chi connectivity index (χ1n) is 12.8. The summed E-state index contributed by atoms with van der Waals surface area (Å²) in [7, 11) is 1.30. The normalized spacial score (nSPS) is 32.2. The van der Waals surface area contributed by atoms with E-state index in [1.165, 1.54) is 14.0 Å². The van der Waals surface area contributed by atoms with Crippen LogP contribution < -0.4 is 0 Å². The Morgan fingerprint density at radius 2 is 1.80 bits per heavy atom. The van der Waals surface area contributed by atoms with Crippen LogP contribution in [0.2, 0.25) is 0 Å². The van der Waals surface area contributed by atoms with Crippen molar-refractivity contribution in [2.24, 2.45) is 13.0 Å². The number of hydrogen-bond donors (Lipinski definition) is 5. The number of nitrogens with zero attached hydrogens (tertiary/aromatic N) is 4. The molecule has 41 heavy (non-hydrogen) atoms. The number of aryl methyl sites for hydroxylation is 1. The topological polar surface area (TPSA) is 224 Å².